The van der Waals surface area contributed by atoms with Crippen LogP contribution in [-0.4, -0.2) is 48.6 Å². The van der Waals surface area contributed by atoms with Crippen LogP contribution in [0.15, 0.2) is 59.6 Å². The van der Waals surface area contributed by atoms with Crippen molar-refractivity contribution < 1.29 is 4.21 Å². The van der Waals surface area contributed by atoms with Crippen LogP contribution in [0.1, 0.15) is 18.4 Å². The summed E-state index contributed by atoms with van der Waals surface area (Å²) in [7, 11) is 0.871. The number of aliphatic imine (C=N–C) groups is 1. The molecule has 0 amide bonds. The molecule has 2 N–H and O–H groups in total. The summed E-state index contributed by atoms with van der Waals surface area (Å²) in [4.78, 5) is 6.65. The minimum Gasteiger partial charge on any atom is -0.368 e. The molecule has 156 valence electrons. The van der Waals surface area contributed by atoms with E-state index in [0.29, 0.717) is 24.1 Å². The van der Waals surface area contributed by atoms with Crippen molar-refractivity contribution in [2.24, 2.45) is 4.99 Å². The molecule has 2 aromatic rings. The summed E-state index contributed by atoms with van der Waals surface area (Å²) in [5.41, 5.74) is 2.19. The molecule has 0 radical (unpaired) electrons. The van der Waals surface area contributed by atoms with Crippen molar-refractivity contribution in [3.8, 4) is 0 Å². The lowest BCUT2D eigenvalue weighted by atomic mass is 10.0. The molecule has 0 aromatic heterocycles. The lowest BCUT2D eigenvalue weighted by Gasteiger charge is -2.35. The minimum atomic E-state index is -0.898. The summed E-state index contributed by atoms with van der Waals surface area (Å²) >= 11 is 6.37. The van der Waals surface area contributed by atoms with Gasteiger partial charge in [0.2, 0.25) is 0 Å². The third kappa shape index (κ3) is 6.75. The molecule has 0 spiro atoms. The van der Waals surface area contributed by atoms with Crippen LogP contribution in [0.25, 0.3) is 0 Å². The van der Waals surface area contributed by atoms with Gasteiger partial charge in [-0.05, 0) is 30.5 Å². The number of rotatable bonds is 7. The van der Waals surface area contributed by atoms with Crippen molar-refractivity contribution in [2.75, 3.05) is 37.3 Å². The lowest BCUT2D eigenvalue weighted by Crippen LogP contribution is -2.51. The zero-order valence-electron chi connectivity index (χ0n) is 16.8. The molecule has 1 heterocycles. The fourth-order valence-corrected chi connectivity index (χ4v) is 4.82. The first kappa shape index (κ1) is 21.7. The monoisotopic (exact) mass is 432 g/mol. The highest BCUT2D eigenvalue weighted by Crippen LogP contribution is 2.27. The van der Waals surface area contributed by atoms with Crippen LogP contribution < -0.4 is 15.5 Å². The first-order chi connectivity index (χ1) is 14.2. The van der Waals surface area contributed by atoms with Crippen molar-refractivity contribution in [3.63, 3.8) is 0 Å². The summed E-state index contributed by atoms with van der Waals surface area (Å²) in [6.45, 7) is 2.51. The Bertz CT molecular complexity index is 831. The predicted octanol–water partition coefficient (Wildman–Crippen LogP) is 3.42. The van der Waals surface area contributed by atoms with Gasteiger partial charge >= 0.3 is 0 Å². The van der Waals surface area contributed by atoms with Crippen molar-refractivity contribution in [2.45, 2.75) is 24.6 Å². The molecule has 5 nitrogen and oxygen atoms in total. The van der Waals surface area contributed by atoms with Crippen LogP contribution in [-0.2, 0) is 16.6 Å². The number of benzene rings is 2. The first-order valence-corrected chi connectivity index (χ1v) is 11.9. The Morgan fingerprint density at radius 2 is 1.97 bits per heavy atom. The zero-order chi connectivity index (χ0) is 20.5. The van der Waals surface area contributed by atoms with Gasteiger partial charge in [0.15, 0.2) is 5.96 Å². The molecule has 1 fully saturated rings. The average molecular weight is 433 g/mol. The number of guanidine groups is 1. The predicted molar refractivity (Wildman–Crippen MR) is 124 cm³/mol. The van der Waals surface area contributed by atoms with Gasteiger partial charge in [0.25, 0.3) is 0 Å². The van der Waals surface area contributed by atoms with E-state index < -0.39 is 10.8 Å². The third-order valence-corrected chi connectivity index (χ3v) is 6.61. The largest absolute Gasteiger partial charge is 0.368 e. The van der Waals surface area contributed by atoms with Gasteiger partial charge in [0.05, 0.1) is 10.7 Å². The quantitative estimate of drug-likeness (QED) is 0.520. The molecular formula is C22H29ClN4OS. The first-order valence-electron chi connectivity index (χ1n) is 10.0. The van der Waals surface area contributed by atoms with E-state index in [0.717, 1.165) is 48.2 Å². The van der Waals surface area contributed by atoms with Crippen molar-refractivity contribution >= 4 is 34.0 Å². The molecule has 29 heavy (non-hydrogen) atoms. The maximum Gasteiger partial charge on any atom is 0.191 e. The van der Waals surface area contributed by atoms with Gasteiger partial charge in [0, 0.05) is 55.0 Å². The van der Waals surface area contributed by atoms with E-state index in [1.54, 1.807) is 7.05 Å². The molecule has 7 heteroatoms. The van der Waals surface area contributed by atoms with Gasteiger partial charge in [-0.15, -0.1) is 0 Å². The second-order valence-electron chi connectivity index (χ2n) is 7.15. The highest BCUT2D eigenvalue weighted by molar-refractivity contribution is 7.84. The van der Waals surface area contributed by atoms with E-state index in [4.69, 9.17) is 11.6 Å². The van der Waals surface area contributed by atoms with Crippen molar-refractivity contribution in [3.05, 3.63) is 65.2 Å². The molecule has 0 bridgehead atoms. The van der Waals surface area contributed by atoms with Crippen molar-refractivity contribution in [1.29, 1.82) is 0 Å². The number of para-hydroxylation sites is 1. The Balaban J connectivity index is 1.44. The topological polar surface area (TPSA) is 56.7 Å². The Morgan fingerprint density at radius 3 is 2.72 bits per heavy atom. The molecule has 2 atom stereocenters. The normalized spacial score (nSPS) is 18.3. The van der Waals surface area contributed by atoms with Crippen LogP contribution >= 0.6 is 11.6 Å². The lowest BCUT2D eigenvalue weighted by molar-refractivity contribution is 0.468. The second kappa shape index (κ2) is 11.2. The van der Waals surface area contributed by atoms with E-state index >= 15 is 0 Å². The third-order valence-electron chi connectivity index (χ3n) is 4.97. The second-order valence-corrected chi connectivity index (χ2v) is 9.14. The Morgan fingerprint density at radius 1 is 1.21 bits per heavy atom. The summed E-state index contributed by atoms with van der Waals surface area (Å²) in [6.07, 6.45) is 2.18. The van der Waals surface area contributed by atoms with E-state index in [9.17, 15) is 4.21 Å². The highest BCUT2D eigenvalue weighted by Gasteiger charge is 2.22. The van der Waals surface area contributed by atoms with Crippen LogP contribution in [0, 0.1) is 0 Å². The van der Waals surface area contributed by atoms with Gasteiger partial charge in [-0.3, -0.25) is 9.20 Å². The maximum absolute atomic E-state index is 12.3. The molecule has 1 aliphatic heterocycles. The summed E-state index contributed by atoms with van der Waals surface area (Å²) in [5.74, 6) is 1.93. The standard InChI is InChI=1S/C22H29ClN4OS/c1-24-22(25-13-15-29(28)17-18-8-3-2-4-9-18)26-19-10-7-14-27(16-19)21-12-6-5-11-20(21)23/h2-6,8-9,11-12,19H,7,10,13-17H2,1H3,(H2,24,25,26). The molecule has 1 saturated heterocycles. The fraction of sp³-hybridized carbons (Fsp3) is 0.409. The Kier molecular flexibility index (Phi) is 8.38. The van der Waals surface area contributed by atoms with Gasteiger partial charge in [-0.1, -0.05) is 54.1 Å². The molecule has 2 unspecified atom stereocenters. The molecule has 0 saturated carbocycles. The zero-order valence-corrected chi connectivity index (χ0v) is 18.4. The van der Waals surface area contributed by atoms with Crippen LogP contribution in [0.2, 0.25) is 5.02 Å². The number of piperidine rings is 1. The van der Waals surface area contributed by atoms with Crippen molar-refractivity contribution in [1.82, 2.24) is 10.6 Å². The van der Waals surface area contributed by atoms with E-state index in [2.05, 4.69) is 26.6 Å². The van der Waals surface area contributed by atoms with Gasteiger partial charge in [0.1, 0.15) is 0 Å². The summed E-state index contributed by atoms with van der Waals surface area (Å²) in [5, 5.41) is 7.59. The van der Waals surface area contributed by atoms with Crippen LogP contribution in [0.3, 0.4) is 0 Å². The summed E-state index contributed by atoms with van der Waals surface area (Å²) < 4.78 is 12.3. The Hall–Kier alpha value is -2.05. The summed E-state index contributed by atoms with van der Waals surface area (Å²) in [6, 6.07) is 18.2. The average Bonchev–Trinajstić information content (AvgIpc) is 2.74. The number of nitrogens with zero attached hydrogens (tertiary/aromatic N) is 2. The van der Waals surface area contributed by atoms with E-state index in [-0.39, 0.29) is 0 Å². The SMILES string of the molecule is CN=C(NCCS(=O)Cc1ccccc1)NC1CCCN(c2ccccc2Cl)C1. The molecule has 1 aliphatic rings. The number of halogens is 1. The smallest absolute Gasteiger partial charge is 0.191 e. The van der Waals surface area contributed by atoms with Crippen LogP contribution in [0.4, 0.5) is 5.69 Å². The van der Waals surface area contributed by atoms with Gasteiger partial charge < -0.3 is 15.5 Å². The van der Waals surface area contributed by atoms with E-state index in [1.807, 2.05) is 48.5 Å². The van der Waals surface area contributed by atoms with E-state index in [1.165, 1.54) is 0 Å². The fourth-order valence-electron chi connectivity index (χ4n) is 3.53. The number of hydrogen-bond acceptors (Lipinski definition) is 3. The number of nitrogens with one attached hydrogen (secondary N) is 2. The number of anilines is 1. The molecular weight excluding hydrogens is 404 g/mol. The highest BCUT2D eigenvalue weighted by atomic mass is 35.5. The minimum absolute atomic E-state index is 0.293. The molecule has 2 aromatic carbocycles. The molecule has 0 aliphatic carbocycles. The van der Waals surface area contributed by atoms with Gasteiger partial charge in [-0.25, -0.2) is 0 Å². The van der Waals surface area contributed by atoms with Crippen LogP contribution in [0.5, 0.6) is 0 Å². The maximum atomic E-state index is 12.3. The molecule has 3 rings (SSSR count). The number of hydrogen-bond donors (Lipinski definition) is 2. The Labute approximate surface area is 181 Å². The van der Waals surface area contributed by atoms with Gasteiger partial charge in [-0.2, -0.15) is 0 Å².